The summed E-state index contributed by atoms with van der Waals surface area (Å²) in [5.74, 6) is -5.56. The molecule has 2 aromatic rings. The Morgan fingerprint density at radius 3 is 2.08 bits per heavy atom. The number of halogens is 4. The zero-order valence-corrected chi connectivity index (χ0v) is 13.7. The molecular weight excluding hydrogens is 346 g/mol. The molecule has 0 saturated heterocycles. The zero-order valence-electron chi connectivity index (χ0n) is 12.9. The lowest BCUT2D eigenvalue weighted by atomic mass is 10.1. The van der Waals surface area contributed by atoms with Crippen molar-refractivity contribution < 1.29 is 26.0 Å². The number of nitrogens with zero attached hydrogens (tertiary/aromatic N) is 1. The van der Waals surface area contributed by atoms with E-state index in [0.29, 0.717) is 17.7 Å². The average Bonchev–Trinajstić information content (AvgIpc) is 2.53. The first-order valence-corrected chi connectivity index (χ1v) is 8.55. The van der Waals surface area contributed by atoms with E-state index < -0.39 is 44.2 Å². The minimum Gasteiger partial charge on any atom is -0.207 e. The van der Waals surface area contributed by atoms with E-state index in [2.05, 4.69) is 0 Å². The topological polar surface area (TPSA) is 37.4 Å². The van der Waals surface area contributed by atoms with Crippen LogP contribution in [0.15, 0.2) is 41.3 Å². The van der Waals surface area contributed by atoms with Crippen molar-refractivity contribution in [3.63, 3.8) is 0 Å². The van der Waals surface area contributed by atoms with Gasteiger partial charge in [0.2, 0.25) is 10.0 Å². The third-order valence-electron chi connectivity index (χ3n) is 3.68. The van der Waals surface area contributed by atoms with Gasteiger partial charge in [-0.3, -0.25) is 0 Å². The minimum absolute atomic E-state index is 0.0423. The van der Waals surface area contributed by atoms with E-state index in [1.807, 2.05) is 0 Å². The minimum atomic E-state index is -4.42. The lowest BCUT2D eigenvalue weighted by Crippen LogP contribution is -2.34. The fourth-order valence-corrected chi connectivity index (χ4v) is 4.08. The number of hydrogen-bond donors (Lipinski definition) is 0. The Morgan fingerprint density at radius 2 is 1.54 bits per heavy atom. The molecule has 0 amide bonds. The number of rotatable bonds is 5. The molecule has 130 valence electrons. The van der Waals surface area contributed by atoms with Crippen molar-refractivity contribution in [3.8, 4) is 0 Å². The molecule has 0 fully saturated rings. The van der Waals surface area contributed by atoms with Crippen LogP contribution in [0.3, 0.4) is 0 Å². The summed E-state index contributed by atoms with van der Waals surface area (Å²) in [5, 5.41) is 0. The van der Waals surface area contributed by atoms with Gasteiger partial charge < -0.3 is 0 Å². The van der Waals surface area contributed by atoms with Crippen LogP contribution in [0.4, 0.5) is 17.6 Å². The maximum Gasteiger partial charge on any atom is 0.246 e. The quantitative estimate of drug-likeness (QED) is 0.596. The second kappa shape index (κ2) is 6.90. The summed E-state index contributed by atoms with van der Waals surface area (Å²) < 4.78 is 79.6. The van der Waals surface area contributed by atoms with Crippen LogP contribution in [0.2, 0.25) is 0 Å². The average molecular weight is 361 g/mol. The highest BCUT2D eigenvalue weighted by atomic mass is 32.2. The van der Waals surface area contributed by atoms with Crippen LogP contribution in [-0.4, -0.2) is 19.3 Å². The van der Waals surface area contributed by atoms with Gasteiger partial charge in [0.25, 0.3) is 0 Å². The van der Waals surface area contributed by atoms with Crippen LogP contribution < -0.4 is 0 Å². The monoisotopic (exact) mass is 361 g/mol. The fourth-order valence-electron chi connectivity index (χ4n) is 2.39. The fraction of sp³-hybridized carbons (Fsp3) is 0.250. The van der Waals surface area contributed by atoms with Crippen molar-refractivity contribution in [1.82, 2.24) is 4.31 Å². The highest BCUT2D eigenvalue weighted by Crippen LogP contribution is 2.29. The van der Waals surface area contributed by atoms with Crippen LogP contribution >= 0.6 is 0 Å². The highest BCUT2D eigenvalue weighted by Gasteiger charge is 2.32. The molecule has 0 radical (unpaired) electrons. The second-order valence-electron chi connectivity index (χ2n) is 5.11. The Kier molecular flexibility index (Phi) is 5.29. The number of sulfonamides is 1. The summed E-state index contributed by atoms with van der Waals surface area (Å²) >= 11 is 0. The van der Waals surface area contributed by atoms with Gasteiger partial charge in [-0.05, 0) is 36.8 Å². The SMILES string of the molecule is CCN(C(C)c1ccc(F)cc1)S(=O)(=O)c1ccc(F)c(F)c1F. The summed E-state index contributed by atoms with van der Waals surface area (Å²) in [6.07, 6.45) is 0. The Labute approximate surface area is 137 Å². The molecule has 0 aliphatic heterocycles. The molecule has 0 heterocycles. The molecule has 1 unspecified atom stereocenters. The van der Waals surface area contributed by atoms with E-state index in [4.69, 9.17) is 0 Å². The summed E-state index contributed by atoms with van der Waals surface area (Å²) in [6, 6.07) is 5.63. The lowest BCUT2D eigenvalue weighted by molar-refractivity contribution is 0.352. The van der Waals surface area contributed by atoms with E-state index in [-0.39, 0.29) is 6.54 Å². The van der Waals surface area contributed by atoms with Gasteiger partial charge in [-0.1, -0.05) is 19.1 Å². The van der Waals surface area contributed by atoms with E-state index in [9.17, 15) is 26.0 Å². The Bertz CT molecular complexity index is 838. The smallest absolute Gasteiger partial charge is 0.207 e. The predicted molar refractivity (Wildman–Crippen MR) is 80.7 cm³/mol. The molecule has 1 atom stereocenters. The van der Waals surface area contributed by atoms with E-state index in [1.54, 1.807) is 0 Å². The van der Waals surface area contributed by atoms with Gasteiger partial charge in [0.15, 0.2) is 17.5 Å². The van der Waals surface area contributed by atoms with Gasteiger partial charge in [0.1, 0.15) is 10.7 Å². The third-order valence-corrected chi connectivity index (χ3v) is 5.75. The van der Waals surface area contributed by atoms with Crippen LogP contribution in [0.25, 0.3) is 0 Å². The first kappa shape index (κ1) is 18.4. The van der Waals surface area contributed by atoms with E-state index >= 15 is 0 Å². The third kappa shape index (κ3) is 3.29. The van der Waals surface area contributed by atoms with Gasteiger partial charge >= 0.3 is 0 Å². The van der Waals surface area contributed by atoms with Gasteiger partial charge in [-0.15, -0.1) is 0 Å². The second-order valence-corrected chi connectivity index (χ2v) is 6.97. The highest BCUT2D eigenvalue weighted by molar-refractivity contribution is 7.89. The summed E-state index contributed by atoms with van der Waals surface area (Å²) in [5.41, 5.74) is 0.477. The van der Waals surface area contributed by atoms with E-state index in [0.717, 1.165) is 4.31 Å². The summed E-state index contributed by atoms with van der Waals surface area (Å²) in [6.45, 7) is 3.01. The van der Waals surface area contributed by atoms with Crippen molar-refractivity contribution in [3.05, 3.63) is 65.2 Å². The molecule has 24 heavy (non-hydrogen) atoms. The number of benzene rings is 2. The molecule has 0 bridgehead atoms. The molecule has 0 spiro atoms. The van der Waals surface area contributed by atoms with Gasteiger partial charge in [0, 0.05) is 12.6 Å². The molecule has 0 aliphatic carbocycles. The molecule has 2 aromatic carbocycles. The van der Waals surface area contributed by atoms with Crippen molar-refractivity contribution >= 4 is 10.0 Å². The molecule has 0 N–H and O–H groups in total. The standard InChI is InChI=1S/C16H15F4NO2S/c1-3-21(10(2)11-4-6-12(17)7-5-11)24(22,23)14-9-8-13(18)15(19)16(14)20/h4-10H,3H2,1-2H3. The van der Waals surface area contributed by atoms with Crippen LogP contribution in [0, 0.1) is 23.3 Å². The molecule has 8 heteroatoms. The van der Waals surface area contributed by atoms with E-state index in [1.165, 1.54) is 38.1 Å². The van der Waals surface area contributed by atoms with Crippen molar-refractivity contribution in [2.45, 2.75) is 24.8 Å². The predicted octanol–water partition coefficient (Wildman–Crippen LogP) is 4.01. The maximum atomic E-state index is 13.9. The lowest BCUT2D eigenvalue weighted by Gasteiger charge is -2.27. The molecular formula is C16H15F4NO2S. The molecule has 3 nitrogen and oxygen atoms in total. The maximum absolute atomic E-state index is 13.9. The largest absolute Gasteiger partial charge is 0.246 e. The van der Waals surface area contributed by atoms with Crippen molar-refractivity contribution in [2.24, 2.45) is 0 Å². The zero-order chi connectivity index (χ0) is 18.1. The summed E-state index contributed by atoms with van der Waals surface area (Å²) in [4.78, 5) is -0.947. The van der Waals surface area contributed by atoms with Gasteiger partial charge in [-0.2, -0.15) is 4.31 Å². The number of hydrogen-bond acceptors (Lipinski definition) is 2. The molecule has 0 aliphatic rings. The van der Waals surface area contributed by atoms with Crippen LogP contribution in [0.5, 0.6) is 0 Å². The Morgan fingerprint density at radius 1 is 0.958 bits per heavy atom. The Hall–Kier alpha value is -1.93. The first-order chi connectivity index (χ1) is 11.2. The first-order valence-electron chi connectivity index (χ1n) is 7.11. The Balaban J connectivity index is 2.49. The van der Waals surface area contributed by atoms with Crippen LogP contribution in [0.1, 0.15) is 25.5 Å². The molecule has 0 saturated carbocycles. The van der Waals surface area contributed by atoms with Crippen molar-refractivity contribution in [2.75, 3.05) is 6.54 Å². The normalized spacial score (nSPS) is 13.3. The van der Waals surface area contributed by atoms with Crippen LogP contribution in [-0.2, 0) is 10.0 Å². The molecule has 0 aromatic heterocycles. The van der Waals surface area contributed by atoms with Gasteiger partial charge in [0.05, 0.1) is 0 Å². The van der Waals surface area contributed by atoms with Gasteiger partial charge in [-0.25, -0.2) is 26.0 Å². The van der Waals surface area contributed by atoms with Crippen molar-refractivity contribution in [1.29, 1.82) is 0 Å². The molecule has 2 rings (SSSR count). The summed E-state index contributed by atoms with van der Waals surface area (Å²) in [7, 11) is -4.42.